The number of likely N-dealkylation sites (tertiary alicyclic amines) is 1. The second kappa shape index (κ2) is 7.11. The number of rotatable bonds is 4. The molecule has 6 heteroatoms. The maximum atomic E-state index is 12.2. The molecule has 2 amide bonds. The van der Waals surface area contributed by atoms with Crippen molar-refractivity contribution in [3.63, 3.8) is 0 Å². The first-order valence-corrected chi connectivity index (χ1v) is 7.93. The smallest absolute Gasteiger partial charge is 0.317 e. The summed E-state index contributed by atoms with van der Waals surface area (Å²) in [5, 5.41) is 21.5. The quantitative estimate of drug-likeness (QED) is 0.735. The molecule has 2 fully saturated rings. The Morgan fingerprint density at radius 2 is 1.76 bits per heavy atom. The van der Waals surface area contributed by atoms with Crippen molar-refractivity contribution in [3.8, 4) is 0 Å². The van der Waals surface area contributed by atoms with Crippen molar-refractivity contribution in [2.45, 2.75) is 57.5 Å². The van der Waals surface area contributed by atoms with Gasteiger partial charge in [0.1, 0.15) is 0 Å². The molecule has 2 aliphatic rings. The zero-order valence-corrected chi connectivity index (χ0v) is 12.5. The fraction of sp³-hybridized carbons (Fsp3) is 0.867. The number of carboxylic acid groups (broad SMARTS) is 1. The Bertz CT molecular complexity index is 372. The normalized spacial score (nSPS) is 22.8. The number of nitrogens with zero attached hydrogens (tertiary/aromatic N) is 1. The van der Waals surface area contributed by atoms with Gasteiger partial charge in [-0.25, -0.2) is 4.79 Å². The number of piperidine rings is 1. The van der Waals surface area contributed by atoms with E-state index in [-0.39, 0.29) is 24.0 Å². The van der Waals surface area contributed by atoms with Gasteiger partial charge in [0, 0.05) is 19.6 Å². The van der Waals surface area contributed by atoms with E-state index in [9.17, 15) is 14.7 Å². The lowest BCUT2D eigenvalue weighted by molar-refractivity contribution is -0.140. The summed E-state index contributed by atoms with van der Waals surface area (Å²) < 4.78 is 0. The van der Waals surface area contributed by atoms with E-state index < -0.39 is 5.97 Å². The third kappa shape index (κ3) is 4.59. The lowest BCUT2D eigenvalue weighted by Crippen LogP contribution is -2.49. The molecule has 21 heavy (non-hydrogen) atoms. The Morgan fingerprint density at radius 3 is 2.33 bits per heavy atom. The third-order valence-electron chi connectivity index (χ3n) is 4.81. The summed E-state index contributed by atoms with van der Waals surface area (Å²) in [6.45, 7) is 1.58. The van der Waals surface area contributed by atoms with Crippen molar-refractivity contribution in [2.24, 2.45) is 5.41 Å². The van der Waals surface area contributed by atoms with Crippen LogP contribution in [-0.2, 0) is 4.79 Å². The molecule has 0 spiro atoms. The van der Waals surface area contributed by atoms with Crippen LogP contribution in [-0.4, -0.2) is 52.9 Å². The van der Waals surface area contributed by atoms with Crippen LogP contribution in [0.3, 0.4) is 0 Å². The summed E-state index contributed by atoms with van der Waals surface area (Å²) in [5.74, 6) is -0.785. The zero-order chi connectivity index (χ0) is 15.3. The van der Waals surface area contributed by atoms with E-state index in [0.717, 1.165) is 32.1 Å². The van der Waals surface area contributed by atoms with Crippen molar-refractivity contribution in [2.75, 3.05) is 19.6 Å². The van der Waals surface area contributed by atoms with E-state index in [1.54, 1.807) is 4.90 Å². The van der Waals surface area contributed by atoms with Crippen LogP contribution in [0, 0.1) is 5.41 Å². The van der Waals surface area contributed by atoms with Crippen LogP contribution in [0.25, 0.3) is 0 Å². The number of hydrogen-bond acceptors (Lipinski definition) is 3. The lowest BCUT2D eigenvalue weighted by Gasteiger charge is -2.37. The predicted molar refractivity (Wildman–Crippen MR) is 78.0 cm³/mol. The highest BCUT2D eigenvalue weighted by Gasteiger charge is 2.35. The molecule has 1 aliphatic carbocycles. The molecule has 0 unspecified atom stereocenters. The first kappa shape index (κ1) is 16.1. The topological polar surface area (TPSA) is 89.9 Å². The highest BCUT2D eigenvalue weighted by molar-refractivity contribution is 5.74. The molecule has 3 N–H and O–H groups in total. The largest absolute Gasteiger partial charge is 0.481 e. The van der Waals surface area contributed by atoms with Gasteiger partial charge in [-0.3, -0.25) is 4.79 Å². The molecule has 1 saturated heterocycles. The second-order valence-corrected chi connectivity index (χ2v) is 6.51. The van der Waals surface area contributed by atoms with Crippen LogP contribution < -0.4 is 5.32 Å². The third-order valence-corrected chi connectivity index (χ3v) is 4.81. The number of urea groups is 1. The molecule has 120 valence electrons. The molecular weight excluding hydrogens is 272 g/mol. The highest BCUT2D eigenvalue weighted by atomic mass is 16.4. The van der Waals surface area contributed by atoms with Crippen LogP contribution in [0.1, 0.15) is 51.4 Å². The first-order chi connectivity index (χ1) is 10.0. The predicted octanol–water partition coefficient (Wildman–Crippen LogP) is 1.58. The minimum Gasteiger partial charge on any atom is -0.481 e. The van der Waals surface area contributed by atoms with E-state index in [4.69, 9.17) is 5.11 Å². The van der Waals surface area contributed by atoms with Crippen LogP contribution in [0.15, 0.2) is 0 Å². The Labute approximate surface area is 125 Å². The first-order valence-electron chi connectivity index (χ1n) is 7.93. The maximum absolute atomic E-state index is 12.2. The van der Waals surface area contributed by atoms with Crippen molar-refractivity contribution in [1.29, 1.82) is 0 Å². The SMILES string of the molecule is O=C(O)CC1(CNC(=O)N2CCC(O)CC2)CCCCC1. The number of carbonyl (C=O) groups excluding carboxylic acids is 1. The summed E-state index contributed by atoms with van der Waals surface area (Å²) in [6, 6.07) is -0.128. The van der Waals surface area contributed by atoms with Crippen molar-refractivity contribution < 1.29 is 19.8 Å². The lowest BCUT2D eigenvalue weighted by atomic mass is 9.72. The van der Waals surface area contributed by atoms with Gasteiger partial charge in [-0.1, -0.05) is 19.3 Å². The van der Waals surface area contributed by atoms with Crippen molar-refractivity contribution in [1.82, 2.24) is 10.2 Å². The standard InChI is InChI=1S/C15H26N2O4/c18-12-4-8-17(9-5-12)14(21)16-11-15(10-13(19)20)6-2-1-3-7-15/h12,18H,1-11H2,(H,16,21)(H,19,20). The summed E-state index contributed by atoms with van der Waals surface area (Å²) in [4.78, 5) is 25.0. The van der Waals surface area contributed by atoms with Gasteiger partial charge in [0.05, 0.1) is 12.5 Å². The van der Waals surface area contributed by atoms with E-state index in [2.05, 4.69) is 5.32 Å². The van der Waals surface area contributed by atoms with Gasteiger partial charge in [-0.2, -0.15) is 0 Å². The average Bonchev–Trinajstić information content (AvgIpc) is 2.46. The number of carboxylic acids is 1. The van der Waals surface area contributed by atoms with Crippen LogP contribution in [0.2, 0.25) is 0 Å². The van der Waals surface area contributed by atoms with Gasteiger partial charge in [-0.05, 0) is 31.1 Å². The number of hydrogen-bond donors (Lipinski definition) is 3. The number of amides is 2. The number of aliphatic carboxylic acids is 1. The molecule has 0 aromatic heterocycles. The number of nitrogens with one attached hydrogen (secondary N) is 1. The molecule has 2 rings (SSSR count). The minimum atomic E-state index is -0.785. The Morgan fingerprint density at radius 1 is 1.14 bits per heavy atom. The molecule has 1 heterocycles. The monoisotopic (exact) mass is 298 g/mol. The molecule has 0 aromatic rings. The van der Waals surface area contributed by atoms with Gasteiger partial charge in [0.15, 0.2) is 0 Å². The van der Waals surface area contributed by atoms with E-state index >= 15 is 0 Å². The molecule has 0 aromatic carbocycles. The second-order valence-electron chi connectivity index (χ2n) is 6.51. The molecule has 0 atom stereocenters. The Hall–Kier alpha value is -1.30. The van der Waals surface area contributed by atoms with Crippen molar-refractivity contribution in [3.05, 3.63) is 0 Å². The molecule has 0 radical (unpaired) electrons. The number of carbonyl (C=O) groups is 2. The van der Waals surface area contributed by atoms with E-state index in [1.165, 1.54) is 0 Å². The fourth-order valence-electron chi connectivity index (χ4n) is 3.48. The Kier molecular flexibility index (Phi) is 5.45. The van der Waals surface area contributed by atoms with Crippen LogP contribution in [0.5, 0.6) is 0 Å². The van der Waals surface area contributed by atoms with Gasteiger partial charge in [0.25, 0.3) is 0 Å². The summed E-state index contributed by atoms with van der Waals surface area (Å²) >= 11 is 0. The molecule has 1 aliphatic heterocycles. The fourth-order valence-corrected chi connectivity index (χ4v) is 3.48. The molecule has 1 saturated carbocycles. The highest BCUT2D eigenvalue weighted by Crippen LogP contribution is 2.38. The van der Waals surface area contributed by atoms with E-state index in [0.29, 0.717) is 32.5 Å². The molecule has 6 nitrogen and oxygen atoms in total. The van der Waals surface area contributed by atoms with Crippen LogP contribution >= 0.6 is 0 Å². The van der Waals surface area contributed by atoms with Gasteiger partial charge >= 0.3 is 12.0 Å². The minimum absolute atomic E-state index is 0.128. The zero-order valence-electron chi connectivity index (χ0n) is 12.5. The van der Waals surface area contributed by atoms with Gasteiger partial charge < -0.3 is 20.4 Å². The Balaban J connectivity index is 1.86. The van der Waals surface area contributed by atoms with Crippen molar-refractivity contribution >= 4 is 12.0 Å². The van der Waals surface area contributed by atoms with E-state index in [1.807, 2.05) is 0 Å². The molecule has 0 bridgehead atoms. The van der Waals surface area contributed by atoms with Crippen LogP contribution in [0.4, 0.5) is 4.79 Å². The maximum Gasteiger partial charge on any atom is 0.317 e. The summed E-state index contributed by atoms with van der Waals surface area (Å²) in [6.07, 6.45) is 6.05. The van der Waals surface area contributed by atoms with Gasteiger partial charge in [0.2, 0.25) is 0 Å². The molecular formula is C15H26N2O4. The average molecular weight is 298 g/mol. The summed E-state index contributed by atoms with van der Waals surface area (Å²) in [7, 11) is 0. The van der Waals surface area contributed by atoms with Gasteiger partial charge in [-0.15, -0.1) is 0 Å². The summed E-state index contributed by atoms with van der Waals surface area (Å²) in [5.41, 5.74) is -0.283. The number of aliphatic hydroxyl groups is 1. The number of aliphatic hydroxyl groups excluding tert-OH is 1.